The van der Waals surface area contributed by atoms with E-state index in [1.165, 1.54) is 32.5 Å². The Hall–Kier alpha value is -0.0900. The molecule has 0 bridgehead atoms. The fourth-order valence-corrected chi connectivity index (χ4v) is 3.10. The summed E-state index contributed by atoms with van der Waals surface area (Å²) in [7, 11) is 0. The lowest BCUT2D eigenvalue weighted by molar-refractivity contribution is -0.127. The number of rotatable bonds is 5. The van der Waals surface area contributed by atoms with Crippen LogP contribution >= 0.6 is 15.9 Å². The molecule has 1 amide bonds. The Morgan fingerprint density at radius 3 is 2.62 bits per heavy atom. The van der Waals surface area contributed by atoms with Gasteiger partial charge in [-0.05, 0) is 44.8 Å². The summed E-state index contributed by atoms with van der Waals surface area (Å²) in [5.41, 5.74) is 0. The molecule has 3 nitrogen and oxygen atoms in total. The van der Waals surface area contributed by atoms with Crippen LogP contribution in [0.25, 0.3) is 0 Å². The molecule has 2 rings (SSSR count). The third-order valence-electron chi connectivity index (χ3n) is 3.61. The van der Waals surface area contributed by atoms with Crippen molar-refractivity contribution in [1.29, 1.82) is 0 Å². The largest absolute Gasteiger partial charge is 0.342 e. The first kappa shape index (κ1) is 12.4. The van der Waals surface area contributed by atoms with E-state index >= 15 is 0 Å². The van der Waals surface area contributed by atoms with Crippen molar-refractivity contribution in [2.45, 2.75) is 25.7 Å². The molecule has 2 aliphatic heterocycles. The number of amides is 1. The Kier molecular flexibility index (Phi) is 4.65. The van der Waals surface area contributed by atoms with Crippen molar-refractivity contribution in [3.63, 3.8) is 0 Å². The molecule has 1 atom stereocenters. The number of carbonyl (C=O) groups is 1. The summed E-state index contributed by atoms with van der Waals surface area (Å²) in [6, 6.07) is 0. The quantitative estimate of drug-likeness (QED) is 0.719. The maximum Gasteiger partial charge on any atom is 0.222 e. The number of likely N-dealkylation sites (tertiary alicyclic amines) is 2. The molecule has 92 valence electrons. The van der Waals surface area contributed by atoms with Gasteiger partial charge in [0.25, 0.3) is 0 Å². The SMILES string of the molecule is O=C1CC(CBr)CN1CCCN1CCCC1. The topological polar surface area (TPSA) is 23.6 Å². The van der Waals surface area contributed by atoms with Crippen molar-refractivity contribution in [2.75, 3.05) is 38.1 Å². The van der Waals surface area contributed by atoms with Gasteiger partial charge in [-0.25, -0.2) is 0 Å². The summed E-state index contributed by atoms with van der Waals surface area (Å²) in [5, 5.41) is 0.960. The van der Waals surface area contributed by atoms with Gasteiger partial charge >= 0.3 is 0 Å². The molecular weight excluding hydrogens is 268 g/mol. The lowest BCUT2D eigenvalue weighted by Gasteiger charge is -2.19. The van der Waals surface area contributed by atoms with Crippen molar-refractivity contribution in [2.24, 2.45) is 5.92 Å². The zero-order valence-electron chi connectivity index (χ0n) is 9.83. The van der Waals surface area contributed by atoms with Gasteiger partial charge in [-0.1, -0.05) is 15.9 Å². The minimum Gasteiger partial charge on any atom is -0.342 e. The van der Waals surface area contributed by atoms with Crippen molar-refractivity contribution in [3.05, 3.63) is 0 Å². The Balaban J connectivity index is 1.64. The fourth-order valence-electron chi connectivity index (χ4n) is 2.66. The van der Waals surface area contributed by atoms with Gasteiger partial charge in [-0.15, -0.1) is 0 Å². The van der Waals surface area contributed by atoms with Gasteiger partial charge in [0.2, 0.25) is 5.91 Å². The first-order valence-electron chi connectivity index (χ1n) is 6.35. The van der Waals surface area contributed by atoms with Crippen molar-refractivity contribution >= 4 is 21.8 Å². The molecule has 16 heavy (non-hydrogen) atoms. The molecule has 2 heterocycles. The molecule has 0 spiro atoms. The molecule has 0 N–H and O–H groups in total. The van der Waals surface area contributed by atoms with Crippen LogP contribution in [-0.2, 0) is 4.79 Å². The van der Waals surface area contributed by atoms with Gasteiger partial charge in [-0.3, -0.25) is 4.79 Å². The Morgan fingerprint density at radius 1 is 1.25 bits per heavy atom. The standard InChI is InChI=1S/C12H21BrN2O/c13-9-11-8-12(16)15(10-11)7-3-6-14-4-1-2-5-14/h11H,1-10H2. The molecule has 4 heteroatoms. The van der Waals surface area contributed by atoms with Gasteiger partial charge in [0.15, 0.2) is 0 Å². The highest BCUT2D eigenvalue weighted by Crippen LogP contribution is 2.19. The van der Waals surface area contributed by atoms with Crippen LogP contribution in [0.5, 0.6) is 0 Å². The molecule has 2 fully saturated rings. The predicted molar refractivity (Wildman–Crippen MR) is 68.8 cm³/mol. The highest BCUT2D eigenvalue weighted by atomic mass is 79.9. The highest BCUT2D eigenvalue weighted by molar-refractivity contribution is 9.09. The van der Waals surface area contributed by atoms with E-state index in [9.17, 15) is 4.79 Å². The number of nitrogens with zero attached hydrogens (tertiary/aromatic N) is 2. The van der Waals surface area contributed by atoms with Gasteiger partial charge in [0, 0.05) is 24.8 Å². The van der Waals surface area contributed by atoms with Crippen molar-refractivity contribution in [3.8, 4) is 0 Å². The van der Waals surface area contributed by atoms with E-state index in [0.717, 1.165) is 31.3 Å². The Labute approximate surface area is 106 Å². The second kappa shape index (κ2) is 6.01. The number of halogens is 1. The minimum atomic E-state index is 0.353. The van der Waals surface area contributed by atoms with Crippen LogP contribution in [0.3, 0.4) is 0 Å². The normalized spacial score (nSPS) is 26.9. The molecule has 2 saturated heterocycles. The number of hydrogen-bond acceptors (Lipinski definition) is 2. The number of hydrogen-bond donors (Lipinski definition) is 0. The molecule has 1 unspecified atom stereocenters. The van der Waals surface area contributed by atoms with Crippen LogP contribution in [0, 0.1) is 5.92 Å². The van der Waals surface area contributed by atoms with E-state index in [2.05, 4.69) is 20.8 Å². The summed E-state index contributed by atoms with van der Waals surface area (Å²) in [6.07, 6.45) is 4.60. The molecule has 0 aliphatic carbocycles. The van der Waals surface area contributed by atoms with Crippen LogP contribution in [0.1, 0.15) is 25.7 Å². The maximum atomic E-state index is 11.7. The maximum absolute atomic E-state index is 11.7. The van der Waals surface area contributed by atoms with E-state index in [-0.39, 0.29) is 0 Å². The third-order valence-corrected chi connectivity index (χ3v) is 4.53. The van der Waals surface area contributed by atoms with Crippen molar-refractivity contribution < 1.29 is 4.79 Å². The van der Waals surface area contributed by atoms with Gasteiger partial charge in [0.05, 0.1) is 0 Å². The molecule has 0 saturated carbocycles. The Bertz CT molecular complexity index is 241. The lowest BCUT2D eigenvalue weighted by Crippen LogP contribution is -2.30. The smallest absolute Gasteiger partial charge is 0.222 e. The second-order valence-corrected chi connectivity index (χ2v) is 5.61. The summed E-state index contributed by atoms with van der Waals surface area (Å²) in [5.74, 6) is 0.894. The zero-order chi connectivity index (χ0) is 11.4. The van der Waals surface area contributed by atoms with Gasteiger partial charge in [-0.2, -0.15) is 0 Å². The molecule has 0 radical (unpaired) electrons. The van der Waals surface area contributed by atoms with E-state index in [1.54, 1.807) is 0 Å². The monoisotopic (exact) mass is 288 g/mol. The average Bonchev–Trinajstić information content (AvgIpc) is 2.89. The number of carbonyl (C=O) groups excluding carboxylic acids is 1. The average molecular weight is 289 g/mol. The van der Waals surface area contributed by atoms with E-state index in [4.69, 9.17) is 0 Å². The van der Waals surface area contributed by atoms with Crippen molar-refractivity contribution in [1.82, 2.24) is 9.80 Å². The van der Waals surface area contributed by atoms with Crippen LogP contribution < -0.4 is 0 Å². The lowest BCUT2D eigenvalue weighted by atomic mass is 10.2. The highest BCUT2D eigenvalue weighted by Gasteiger charge is 2.28. The first-order valence-corrected chi connectivity index (χ1v) is 7.48. The van der Waals surface area contributed by atoms with Crippen LogP contribution in [-0.4, -0.2) is 53.8 Å². The van der Waals surface area contributed by atoms with Crippen LogP contribution in [0.4, 0.5) is 0 Å². The van der Waals surface area contributed by atoms with Crippen LogP contribution in [0.2, 0.25) is 0 Å². The molecule has 0 aromatic heterocycles. The summed E-state index contributed by atoms with van der Waals surface area (Å²) < 4.78 is 0. The molecule has 0 aromatic carbocycles. The second-order valence-electron chi connectivity index (χ2n) is 4.97. The summed E-state index contributed by atoms with van der Waals surface area (Å²) >= 11 is 3.47. The van der Waals surface area contributed by atoms with E-state index < -0.39 is 0 Å². The summed E-state index contributed by atoms with van der Waals surface area (Å²) in [4.78, 5) is 16.2. The third kappa shape index (κ3) is 3.20. The predicted octanol–water partition coefficient (Wildman–Crippen LogP) is 1.72. The Morgan fingerprint density at radius 2 is 2.00 bits per heavy atom. The molecule has 2 aliphatic rings. The summed E-state index contributed by atoms with van der Waals surface area (Å²) in [6.45, 7) is 5.61. The zero-order valence-corrected chi connectivity index (χ0v) is 11.4. The van der Waals surface area contributed by atoms with Gasteiger partial charge in [0.1, 0.15) is 0 Å². The molecule has 0 aromatic rings. The van der Waals surface area contributed by atoms with E-state index in [0.29, 0.717) is 11.8 Å². The number of alkyl halides is 1. The molecular formula is C12H21BrN2O. The first-order chi connectivity index (χ1) is 7.79. The minimum absolute atomic E-state index is 0.353. The fraction of sp³-hybridized carbons (Fsp3) is 0.917. The van der Waals surface area contributed by atoms with Crippen LogP contribution in [0.15, 0.2) is 0 Å². The van der Waals surface area contributed by atoms with E-state index in [1.807, 2.05) is 4.90 Å². The van der Waals surface area contributed by atoms with Gasteiger partial charge < -0.3 is 9.80 Å².